The molecule has 0 amide bonds. The predicted octanol–water partition coefficient (Wildman–Crippen LogP) is 16.1. The maximum absolute atomic E-state index is 2.45. The van der Waals surface area contributed by atoms with Crippen LogP contribution in [-0.4, -0.2) is 0 Å². The fourth-order valence-electron chi connectivity index (χ4n) is 9.62. The third-order valence-corrected chi connectivity index (χ3v) is 12.2. The van der Waals surface area contributed by atoms with Crippen LogP contribution in [-0.2, 0) is 0 Å². The van der Waals surface area contributed by atoms with Crippen molar-refractivity contribution in [2.24, 2.45) is 0 Å². The van der Waals surface area contributed by atoms with Crippen LogP contribution in [0.3, 0.4) is 0 Å². The van der Waals surface area contributed by atoms with Crippen molar-refractivity contribution in [3.05, 3.63) is 200 Å². The first-order chi connectivity index (χ1) is 27.8. The van der Waals surface area contributed by atoms with Gasteiger partial charge in [0, 0.05) is 0 Å². The second kappa shape index (κ2) is 13.5. The van der Waals surface area contributed by atoms with E-state index >= 15 is 0 Å². The first-order valence-electron chi connectivity index (χ1n) is 20.1. The third kappa shape index (κ3) is 5.36. The zero-order valence-corrected chi connectivity index (χ0v) is 31.3. The van der Waals surface area contributed by atoms with E-state index in [-0.39, 0.29) is 0 Å². The van der Waals surface area contributed by atoms with Gasteiger partial charge < -0.3 is 0 Å². The average Bonchev–Trinajstić information content (AvgIpc) is 3.27. The fraction of sp³-hybridized carbons (Fsp3) is 0.0714. The highest BCUT2D eigenvalue weighted by atomic mass is 14.2. The summed E-state index contributed by atoms with van der Waals surface area (Å²) in [5, 5.41) is 12.8. The van der Waals surface area contributed by atoms with Gasteiger partial charge in [0.1, 0.15) is 0 Å². The summed E-state index contributed by atoms with van der Waals surface area (Å²) in [6.45, 7) is 0. The van der Waals surface area contributed by atoms with E-state index in [2.05, 4.69) is 194 Å². The Morgan fingerprint density at radius 1 is 0.268 bits per heavy atom. The summed E-state index contributed by atoms with van der Waals surface area (Å²) in [4.78, 5) is 0. The Labute approximate surface area is 328 Å². The number of fused-ring (bicyclic) bond motifs is 5. The minimum Gasteiger partial charge on any atom is -0.0807 e. The van der Waals surface area contributed by atoms with Gasteiger partial charge in [0.05, 0.1) is 0 Å². The van der Waals surface area contributed by atoms with E-state index in [1.54, 1.807) is 0 Å². The van der Waals surface area contributed by atoms with E-state index < -0.39 is 0 Å². The van der Waals surface area contributed by atoms with E-state index in [1.807, 2.05) is 0 Å². The molecule has 0 radical (unpaired) electrons. The monoisotopic (exact) mass is 712 g/mol. The summed E-state index contributed by atoms with van der Waals surface area (Å²) >= 11 is 0. The minimum atomic E-state index is 1.17. The van der Waals surface area contributed by atoms with Crippen molar-refractivity contribution in [2.45, 2.75) is 25.7 Å². The highest BCUT2D eigenvalue weighted by molar-refractivity contribution is 6.23. The van der Waals surface area contributed by atoms with Crippen molar-refractivity contribution >= 4 is 59.4 Å². The molecule has 0 aliphatic heterocycles. The van der Waals surface area contributed by atoms with Gasteiger partial charge in [0.25, 0.3) is 0 Å². The SMILES string of the molecule is C1=C(c2cccc(-c3c4ccccc4c(-c4ccc(-c5c6ccccc6c(-c6ccc7ccccc7c6)c6ccccc56)cc4)c4ccccc34)c2)CCCC1. The van der Waals surface area contributed by atoms with Crippen LogP contribution in [0.15, 0.2) is 194 Å². The second-order valence-electron chi connectivity index (χ2n) is 15.4. The lowest BCUT2D eigenvalue weighted by Crippen LogP contribution is -1.94. The van der Waals surface area contributed by atoms with Crippen LogP contribution < -0.4 is 0 Å². The topological polar surface area (TPSA) is 0 Å². The molecule has 0 heteroatoms. The van der Waals surface area contributed by atoms with Crippen LogP contribution in [0, 0.1) is 0 Å². The molecule has 0 saturated carbocycles. The average molecular weight is 713 g/mol. The third-order valence-electron chi connectivity index (χ3n) is 12.2. The van der Waals surface area contributed by atoms with Crippen LogP contribution in [0.25, 0.3) is 104 Å². The Balaban J connectivity index is 1.09. The standard InChI is InChI=1S/C56H40/c1-2-15-37(16-3-1)42-19-14-20-43(35-42)55-49-25-10-6-21-45(49)53(46-22-7-11-26-50(46)55)39-30-32-40(33-31-39)54-47-23-8-12-27-51(47)56(52-28-13-9-24-48(52)54)44-34-29-38-17-4-5-18-41(38)36-44/h4-15,17-36H,1-3,16H2. The van der Waals surface area contributed by atoms with Crippen molar-refractivity contribution < 1.29 is 0 Å². The molecule has 0 N–H and O–H groups in total. The van der Waals surface area contributed by atoms with Gasteiger partial charge in [0.15, 0.2) is 0 Å². The van der Waals surface area contributed by atoms with Gasteiger partial charge in [-0.3, -0.25) is 0 Å². The summed E-state index contributed by atoms with van der Waals surface area (Å²) in [5.74, 6) is 0. The zero-order chi connectivity index (χ0) is 37.0. The molecule has 0 bridgehead atoms. The molecule has 1 aliphatic rings. The number of benzene rings is 10. The maximum Gasteiger partial charge on any atom is -0.00262 e. The lowest BCUT2D eigenvalue weighted by Gasteiger charge is -2.20. The normalized spacial score (nSPS) is 13.2. The quantitative estimate of drug-likeness (QED) is 0.156. The molecule has 0 heterocycles. The molecule has 10 aromatic carbocycles. The molecule has 0 spiro atoms. The number of hydrogen-bond donors (Lipinski definition) is 0. The van der Waals surface area contributed by atoms with Crippen molar-refractivity contribution in [1.82, 2.24) is 0 Å². The summed E-state index contributed by atoms with van der Waals surface area (Å²) in [6, 6.07) is 70.2. The van der Waals surface area contributed by atoms with E-state index in [0.29, 0.717) is 0 Å². The van der Waals surface area contributed by atoms with Crippen LogP contribution in [0.5, 0.6) is 0 Å². The minimum absolute atomic E-state index is 1.17. The van der Waals surface area contributed by atoms with Crippen LogP contribution in [0.1, 0.15) is 31.2 Å². The Kier molecular flexibility index (Phi) is 7.88. The van der Waals surface area contributed by atoms with E-state index in [0.717, 1.165) is 0 Å². The predicted molar refractivity (Wildman–Crippen MR) is 242 cm³/mol. The fourth-order valence-corrected chi connectivity index (χ4v) is 9.62. The van der Waals surface area contributed by atoms with Crippen molar-refractivity contribution in [3.63, 3.8) is 0 Å². The number of allylic oxidation sites excluding steroid dienone is 2. The molecule has 10 aromatic rings. The summed E-state index contributed by atoms with van der Waals surface area (Å²) in [6.07, 6.45) is 7.38. The van der Waals surface area contributed by atoms with E-state index in [4.69, 9.17) is 0 Å². The molecule has 0 aromatic heterocycles. The molecule has 1 aliphatic carbocycles. The molecule has 11 rings (SSSR count). The van der Waals surface area contributed by atoms with Gasteiger partial charge in [-0.1, -0.05) is 182 Å². The van der Waals surface area contributed by atoms with Gasteiger partial charge in [-0.15, -0.1) is 0 Å². The van der Waals surface area contributed by atoms with Crippen molar-refractivity contribution in [1.29, 1.82) is 0 Å². The van der Waals surface area contributed by atoms with E-state index in [9.17, 15) is 0 Å². The lowest BCUT2D eigenvalue weighted by atomic mass is 9.83. The molecule has 0 atom stereocenters. The van der Waals surface area contributed by atoms with Crippen molar-refractivity contribution in [2.75, 3.05) is 0 Å². The van der Waals surface area contributed by atoms with Crippen LogP contribution in [0.4, 0.5) is 0 Å². The van der Waals surface area contributed by atoms with Gasteiger partial charge in [0.2, 0.25) is 0 Å². The number of hydrogen-bond acceptors (Lipinski definition) is 0. The molecular weight excluding hydrogens is 673 g/mol. The Morgan fingerprint density at radius 2 is 0.661 bits per heavy atom. The highest BCUT2D eigenvalue weighted by Gasteiger charge is 2.20. The number of rotatable bonds is 5. The van der Waals surface area contributed by atoms with Gasteiger partial charge >= 0.3 is 0 Å². The van der Waals surface area contributed by atoms with Crippen molar-refractivity contribution in [3.8, 4) is 44.5 Å². The molecule has 0 saturated heterocycles. The summed E-state index contributed by atoms with van der Waals surface area (Å²) in [7, 11) is 0. The van der Waals surface area contributed by atoms with Crippen LogP contribution in [0.2, 0.25) is 0 Å². The highest BCUT2D eigenvalue weighted by Crippen LogP contribution is 2.47. The summed E-state index contributed by atoms with van der Waals surface area (Å²) in [5.41, 5.74) is 13.0. The molecule has 0 fully saturated rings. The van der Waals surface area contributed by atoms with E-state index in [1.165, 1.54) is 135 Å². The first-order valence-corrected chi connectivity index (χ1v) is 20.1. The maximum atomic E-state index is 2.45. The molecule has 264 valence electrons. The lowest BCUT2D eigenvalue weighted by molar-refractivity contribution is 0.742. The Bertz CT molecular complexity index is 3060. The Morgan fingerprint density at radius 3 is 1.12 bits per heavy atom. The zero-order valence-electron chi connectivity index (χ0n) is 31.3. The first kappa shape index (κ1) is 32.7. The molecule has 56 heavy (non-hydrogen) atoms. The Hall–Kier alpha value is -6.76. The van der Waals surface area contributed by atoms with Gasteiger partial charge in [-0.05, 0) is 147 Å². The molecule has 0 unspecified atom stereocenters. The van der Waals surface area contributed by atoms with Gasteiger partial charge in [-0.25, -0.2) is 0 Å². The van der Waals surface area contributed by atoms with Crippen LogP contribution >= 0.6 is 0 Å². The smallest absolute Gasteiger partial charge is 0.00262 e. The summed E-state index contributed by atoms with van der Waals surface area (Å²) < 4.78 is 0. The van der Waals surface area contributed by atoms with Gasteiger partial charge in [-0.2, -0.15) is 0 Å². The largest absolute Gasteiger partial charge is 0.0807 e. The molecule has 0 nitrogen and oxygen atoms in total. The second-order valence-corrected chi connectivity index (χ2v) is 15.4. The molecular formula is C56H40.